The molecule has 1 aliphatic rings. The number of ether oxygens (including phenoxy) is 2. The Hall–Kier alpha value is -1.76. The first kappa shape index (κ1) is 27.5. The van der Waals surface area contributed by atoms with Gasteiger partial charge in [-0.2, -0.15) is 0 Å². The van der Waals surface area contributed by atoms with Gasteiger partial charge < -0.3 is 24.7 Å². The second-order valence-corrected chi connectivity index (χ2v) is 8.25. The number of nitrogens with one attached hydrogen (secondary N) is 2. The van der Waals surface area contributed by atoms with Gasteiger partial charge in [0.1, 0.15) is 12.4 Å². The quantitative estimate of drug-likeness (QED) is 0.242. The Morgan fingerprint density at radius 1 is 1.18 bits per heavy atom. The van der Waals surface area contributed by atoms with E-state index in [1.54, 1.807) is 0 Å². The van der Waals surface area contributed by atoms with Crippen LogP contribution in [-0.2, 0) is 29.7 Å². The van der Waals surface area contributed by atoms with Crippen molar-refractivity contribution < 1.29 is 9.47 Å². The van der Waals surface area contributed by atoms with Crippen LogP contribution in [-0.4, -0.2) is 78.2 Å². The van der Waals surface area contributed by atoms with Gasteiger partial charge in [0.05, 0.1) is 26.4 Å². The van der Waals surface area contributed by atoms with E-state index in [1.807, 2.05) is 36.7 Å². The minimum Gasteiger partial charge on any atom is -0.379 e. The first-order chi connectivity index (χ1) is 15.6. The van der Waals surface area contributed by atoms with Crippen molar-refractivity contribution in [1.82, 2.24) is 30.3 Å². The molecule has 2 N–H and O–H groups in total. The highest BCUT2D eigenvalue weighted by molar-refractivity contribution is 14.0. The van der Waals surface area contributed by atoms with Gasteiger partial charge in [0, 0.05) is 39.8 Å². The molecule has 1 aromatic heterocycles. The molecule has 1 unspecified atom stereocenters. The lowest BCUT2D eigenvalue weighted by molar-refractivity contribution is 0.0389. The number of benzene rings is 1. The van der Waals surface area contributed by atoms with Crippen LogP contribution in [0.15, 0.2) is 35.3 Å². The standard InChI is InChI=1S/C23H37N7O2.HI/c1-19(17-32-18-21-7-5-4-6-8-21)15-25-23(24-9-10-30-11-13-31-14-12-30)26-16-22-28-27-20(2)29(22)3;/h4-8,19H,9-18H2,1-3H3,(H2,24,25,26);1H. The van der Waals surface area contributed by atoms with E-state index in [1.165, 1.54) is 5.56 Å². The number of guanidine groups is 1. The number of halogens is 1. The average Bonchev–Trinajstić information content (AvgIpc) is 3.14. The summed E-state index contributed by atoms with van der Waals surface area (Å²) < 4.78 is 13.3. The van der Waals surface area contributed by atoms with E-state index < -0.39 is 0 Å². The van der Waals surface area contributed by atoms with E-state index in [0.717, 1.165) is 63.5 Å². The van der Waals surface area contributed by atoms with Crippen LogP contribution in [0.1, 0.15) is 24.1 Å². The Balaban J connectivity index is 0.00000385. The van der Waals surface area contributed by atoms with Crippen LogP contribution >= 0.6 is 24.0 Å². The summed E-state index contributed by atoms with van der Waals surface area (Å²) in [6.07, 6.45) is 0. The van der Waals surface area contributed by atoms with Crippen molar-refractivity contribution in [3.05, 3.63) is 47.5 Å². The summed E-state index contributed by atoms with van der Waals surface area (Å²) in [5.74, 6) is 2.86. The lowest BCUT2D eigenvalue weighted by atomic mass is 10.2. The minimum absolute atomic E-state index is 0. The molecule has 9 nitrogen and oxygen atoms in total. The van der Waals surface area contributed by atoms with Gasteiger partial charge in [0.25, 0.3) is 0 Å². The van der Waals surface area contributed by atoms with Crippen molar-refractivity contribution in [2.75, 3.05) is 52.5 Å². The van der Waals surface area contributed by atoms with E-state index in [-0.39, 0.29) is 24.0 Å². The van der Waals surface area contributed by atoms with Gasteiger partial charge in [-0.05, 0) is 18.4 Å². The molecule has 0 radical (unpaired) electrons. The fraction of sp³-hybridized carbons (Fsp3) is 0.609. The fourth-order valence-corrected chi connectivity index (χ4v) is 3.35. The maximum absolute atomic E-state index is 5.88. The normalized spacial score (nSPS) is 15.7. The van der Waals surface area contributed by atoms with Crippen molar-refractivity contribution in [1.29, 1.82) is 0 Å². The van der Waals surface area contributed by atoms with Crippen LogP contribution in [0, 0.1) is 12.8 Å². The number of rotatable bonds is 11. The van der Waals surface area contributed by atoms with E-state index in [4.69, 9.17) is 14.5 Å². The molecule has 0 saturated carbocycles. The van der Waals surface area contributed by atoms with Gasteiger partial charge in [-0.3, -0.25) is 4.90 Å². The van der Waals surface area contributed by atoms with Crippen LogP contribution in [0.3, 0.4) is 0 Å². The fourth-order valence-electron chi connectivity index (χ4n) is 3.35. The lowest BCUT2D eigenvalue weighted by Crippen LogP contribution is -2.45. The zero-order valence-electron chi connectivity index (χ0n) is 20.0. The molecule has 33 heavy (non-hydrogen) atoms. The van der Waals surface area contributed by atoms with E-state index in [9.17, 15) is 0 Å². The van der Waals surface area contributed by atoms with Crippen LogP contribution < -0.4 is 10.6 Å². The molecular weight excluding hydrogens is 533 g/mol. The Morgan fingerprint density at radius 3 is 2.64 bits per heavy atom. The predicted octanol–water partition coefficient (Wildman–Crippen LogP) is 1.96. The third kappa shape index (κ3) is 9.95. The van der Waals surface area contributed by atoms with Gasteiger partial charge in [-0.1, -0.05) is 37.3 Å². The summed E-state index contributed by atoms with van der Waals surface area (Å²) in [5, 5.41) is 15.3. The van der Waals surface area contributed by atoms with Gasteiger partial charge in [-0.15, -0.1) is 34.2 Å². The second-order valence-electron chi connectivity index (χ2n) is 8.25. The Bertz CT molecular complexity index is 825. The first-order valence-corrected chi connectivity index (χ1v) is 11.4. The number of hydrogen-bond acceptors (Lipinski definition) is 6. The molecule has 0 bridgehead atoms. The Labute approximate surface area is 214 Å². The number of hydrogen-bond donors (Lipinski definition) is 2. The average molecular weight is 572 g/mol. The topological polar surface area (TPSA) is 88.8 Å². The molecule has 10 heteroatoms. The molecule has 184 valence electrons. The Kier molecular flexibility index (Phi) is 12.7. The van der Waals surface area contributed by atoms with Crippen LogP contribution in [0.4, 0.5) is 0 Å². The molecule has 0 aliphatic carbocycles. The highest BCUT2D eigenvalue weighted by atomic mass is 127. The monoisotopic (exact) mass is 571 g/mol. The number of aryl methyl sites for hydroxylation is 1. The third-order valence-electron chi connectivity index (χ3n) is 5.52. The van der Waals surface area contributed by atoms with Crippen molar-refractivity contribution in [3.63, 3.8) is 0 Å². The molecule has 1 atom stereocenters. The SMILES string of the molecule is Cc1nnc(CN=C(NCCN2CCOCC2)NCC(C)COCc2ccccc2)n1C.I. The molecule has 1 aromatic carbocycles. The van der Waals surface area contributed by atoms with Gasteiger partial charge in [-0.25, -0.2) is 4.99 Å². The molecule has 1 saturated heterocycles. The number of aliphatic imine (C=N–C) groups is 1. The van der Waals surface area contributed by atoms with Crippen molar-refractivity contribution >= 4 is 29.9 Å². The van der Waals surface area contributed by atoms with Crippen molar-refractivity contribution in [2.45, 2.75) is 27.0 Å². The van der Waals surface area contributed by atoms with E-state index in [0.29, 0.717) is 25.7 Å². The van der Waals surface area contributed by atoms with Gasteiger partial charge in [0.2, 0.25) is 0 Å². The van der Waals surface area contributed by atoms with Crippen LogP contribution in [0.2, 0.25) is 0 Å². The largest absolute Gasteiger partial charge is 0.379 e. The lowest BCUT2D eigenvalue weighted by Gasteiger charge is -2.27. The predicted molar refractivity (Wildman–Crippen MR) is 141 cm³/mol. The highest BCUT2D eigenvalue weighted by Crippen LogP contribution is 2.03. The molecule has 2 heterocycles. The van der Waals surface area contributed by atoms with Crippen LogP contribution in [0.25, 0.3) is 0 Å². The summed E-state index contributed by atoms with van der Waals surface area (Å²) in [4.78, 5) is 7.14. The Morgan fingerprint density at radius 2 is 1.94 bits per heavy atom. The molecule has 0 amide bonds. The number of nitrogens with zero attached hydrogens (tertiary/aromatic N) is 5. The molecule has 1 aliphatic heterocycles. The van der Waals surface area contributed by atoms with Gasteiger partial charge in [0.15, 0.2) is 11.8 Å². The van der Waals surface area contributed by atoms with Crippen molar-refractivity contribution in [2.24, 2.45) is 18.0 Å². The zero-order valence-corrected chi connectivity index (χ0v) is 22.3. The molecule has 3 rings (SSSR count). The maximum atomic E-state index is 5.88. The summed E-state index contributed by atoms with van der Waals surface area (Å²) in [7, 11) is 1.96. The summed E-state index contributed by atoms with van der Waals surface area (Å²) >= 11 is 0. The molecular formula is C23H38IN7O2. The van der Waals surface area contributed by atoms with E-state index >= 15 is 0 Å². The molecule has 1 fully saturated rings. The zero-order chi connectivity index (χ0) is 22.6. The molecule has 0 spiro atoms. The third-order valence-corrected chi connectivity index (χ3v) is 5.52. The smallest absolute Gasteiger partial charge is 0.191 e. The molecule has 2 aromatic rings. The highest BCUT2D eigenvalue weighted by Gasteiger charge is 2.11. The van der Waals surface area contributed by atoms with Gasteiger partial charge >= 0.3 is 0 Å². The van der Waals surface area contributed by atoms with E-state index in [2.05, 4.69) is 44.8 Å². The summed E-state index contributed by atoms with van der Waals surface area (Å²) in [6.45, 7) is 12.1. The van der Waals surface area contributed by atoms with Crippen LogP contribution in [0.5, 0.6) is 0 Å². The summed E-state index contributed by atoms with van der Waals surface area (Å²) in [6, 6.07) is 10.3. The summed E-state index contributed by atoms with van der Waals surface area (Å²) in [5.41, 5.74) is 1.19. The minimum atomic E-state index is 0. The second kappa shape index (κ2) is 15.2. The first-order valence-electron chi connectivity index (χ1n) is 11.4. The number of morpholine rings is 1. The van der Waals surface area contributed by atoms with Crippen molar-refractivity contribution in [3.8, 4) is 0 Å². The maximum Gasteiger partial charge on any atom is 0.191 e. The number of aromatic nitrogens is 3.